The van der Waals surface area contributed by atoms with Crippen LogP contribution < -0.4 is 14.8 Å². The fraction of sp³-hybridized carbons (Fsp3) is 0.562. The second-order valence-electron chi connectivity index (χ2n) is 5.59. The van der Waals surface area contributed by atoms with E-state index in [0.29, 0.717) is 17.1 Å². The van der Waals surface area contributed by atoms with Crippen molar-refractivity contribution in [2.45, 2.75) is 32.4 Å². The van der Waals surface area contributed by atoms with Crippen LogP contribution in [0.5, 0.6) is 11.5 Å². The minimum absolute atomic E-state index is 0. The van der Waals surface area contributed by atoms with Crippen LogP contribution in [0.4, 0.5) is 0 Å². The van der Waals surface area contributed by atoms with E-state index in [1.165, 1.54) is 0 Å². The first kappa shape index (κ1) is 18.6. The van der Waals surface area contributed by atoms with Gasteiger partial charge < -0.3 is 19.7 Å². The van der Waals surface area contributed by atoms with E-state index in [0.717, 1.165) is 19.5 Å². The summed E-state index contributed by atoms with van der Waals surface area (Å²) in [5.41, 5.74) is 0.623. The average molecular weight is 329 g/mol. The highest BCUT2D eigenvalue weighted by atomic mass is 35.5. The Balaban J connectivity index is 0.00000242. The second kappa shape index (κ2) is 8.25. The lowest BCUT2D eigenvalue weighted by Gasteiger charge is -2.24. The van der Waals surface area contributed by atoms with Crippen molar-refractivity contribution in [3.63, 3.8) is 0 Å². The van der Waals surface area contributed by atoms with Gasteiger partial charge in [0.15, 0.2) is 11.5 Å². The van der Waals surface area contributed by atoms with Gasteiger partial charge in [-0.25, -0.2) is 0 Å². The Bertz CT molecular complexity index is 502. The summed E-state index contributed by atoms with van der Waals surface area (Å²) < 4.78 is 11.0. The summed E-state index contributed by atoms with van der Waals surface area (Å²) >= 11 is 0. The van der Waals surface area contributed by atoms with Crippen molar-refractivity contribution >= 4 is 18.3 Å². The smallest absolute Gasteiger partial charge is 0.254 e. The first-order valence-electron chi connectivity index (χ1n) is 7.35. The van der Waals surface area contributed by atoms with Crippen molar-refractivity contribution < 1.29 is 14.3 Å². The van der Waals surface area contributed by atoms with Crippen molar-refractivity contribution in [1.29, 1.82) is 0 Å². The summed E-state index contributed by atoms with van der Waals surface area (Å²) in [6, 6.07) is 5.60. The lowest BCUT2D eigenvalue weighted by atomic mass is 10.1. The molecule has 1 aromatic rings. The van der Waals surface area contributed by atoms with Crippen LogP contribution in [0.15, 0.2) is 18.2 Å². The van der Waals surface area contributed by atoms with Crippen molar-refractivity contribution in [3.05, 3.63) is 23.8 Å². The second-order valence-corrected chi connectivity index (χ2v) is 5.59. The van der Waals surface area contributed by atoms with Gasteiger partial charge in [-0.2, -0.15) is 0 Å². The number of nitrogens with zero attached hydrogens (tertiary/aromatic N) is 1. The molecule has 124 valence electrons. The molecule has 22 heavy (non-hydrogen) atoms. The van der Waals surface area contributed by atoms with Gasteiger partial charge in [-0.1, -0.05) is 0 Å². The molecule has 1 saturated heterocycles. The van der Waals surface area contributed by atoms with Crippen molar-refractivity contribution in [2.24, 2.45) is 0 Å². The highest BCUT2D eigenvalue weighted by Gasteiger charge is 2.24. The molecule has 1 unspecified atom stereocenters. The fourth-order valence-corrected chi connectivity index (χ4v) is 2.49. The van der Waals surface area contributed by atoms with Gasteiger partial charge in [0.2, 0.25) is 0 Å². The van der Waals surface area contributed by atoms with Gasteiger partial charge in [-0.05, 0) is 45.0 Å². The van der Waals surface area contributed by atoms with Crippen LogP contribution in [-0.2, 0) is 0 Å². The molecule has 1 N–H and O–H groups in total. The first-order chi connectivity index (χ1) is 10.0. The molecule has 1 aliphatic rings. The highest BCUT2D eigenvalue weighted by Crippen LogP contribution is 2.29. The monoisotopic (exact) mass is 328 g/mol. The maximum Gasteiger partial charge on any atom is 0.254 e. The molecule has 1 amide bonds. The quantitative estimate of drug-likeness (QED) is 0.901. The molecule has 0 bridgehead atoms. The van der Waals surface area contributed by atoms with Crippen LogP contribution in [0.3, 0.4) is 0 Å². The number of carbonyl (C=O) groups excluding carboxylic acids is 1. The van der Waals surface area contributed by atoms with Crippen LogP contribution in [0.25, 0.3) is 0 Å². The van der Waals surface area contributed by atoms with E-state index >= 15 is 0 Å². The fourth-order valence-electron chi connectivity index (χ4n) is 2.49. The first-order valence-corrected chi connectivity index (χ1v) is 7.35. The molecule has 0 spiro atoms. The third-order valence-electron chi connectivity index (χ3n) is 3.68. The summed E-state index contributed by atoms with van der Waals surface area (Å²) in [6.45, 7) is 5.74. The summed E-state index contributed by atoms with van der Waals surface area (Å²) in [6.07, 6.45) is 1.06. The van der Waals surface area contributed by atoms with Crippen LogP contribution in [0.2, 0.25) is 0 Å². The number of ether oxygens (including phenoxy) is 2. The Hall–Kier alpha value is -1.46. The zero-order chi connectivity index (χ0) is 15.4. The molecule has 1 fully saturated rings. The molecule has 1 atom stereocenters. The molecule has 1 heterocycles. The summed E-state index contributed by atoms with van der Waals surface area (Å²) in [5.74, 6) is 1.26. The van der Waals surface area contributed by atoms with Crippen LogP contribution >= 0.6 is 12.4 Å². The van der Waals surface area contributed by atoms with Gasteiger partial charge in [0.1, 0.15) is 0 Å². The lowest BCUT2D eigenvalue weighted by molar-refractivity contribution is 0.0743. The third kappa shape index (κ3) is 4.27. The number of nitrogens with one attached hydrogen (secondary N) is 1. The van der Waals surface area contributed by atoms with Crippen LogP contribution in [0.1, 0.15) is 30.6 Å². The van der Waals surface area contributed by atoms with E-state index in [2.05, 4.69) is 5.32 Å². The molecule has 6 heteroatoms. The number of methoxy groups -OCH3 is 1. The van der Waals surface area contributed by atoms with E-state index in [1.54, 1.807) is 30.2 Å². The number of hydrogen-bond donors (Lipinski definition) is 1. The number of amides is 1. The normalized spacial score (nSPS) is 17.0. The van der Waals surface area contributed by atoms with E-state index in [4.69, 9.17) is 9.47 Å². The van der Waals surface area contributed by atoms with Crippen molar-refractivity contribution in [3.8, 4) is 11.5 Å². The standard InChI is InChI=1S/C16H24N2O3.ClH/c1-11(2)21-14-6-5-12(9-15(14)20-4)16(19)18(3)13-7-8-17-10-13;/h5-6,9,11,13,17H,7-8,10H2,1-4H3;1H. The number of rotatable bonds is 5. The summed E-state index contributed by atoms with van der Waals surface area (Å²) in [5, 5.41) is 3.27. The molecule has 0 aromatic heterocycles. The van der Waals surface area contributed by atoms with Gasteiger partial charge in [0.05, 0.1) is 13.2 Å². The molecule has 0 saturated carbocycles. The lowest BCUT2D eigenvalue weighted by Crippen LogP contribution is -2.38. The molecule has 1 aliphatic heterocycles. The third-order valence-corrected chi connectivity index (χ3v) is 3.68. The Kier molecular flexibility index (Phi) is 6.97. The van der Waals surface area contributed by atoms with Gasteiger partial charge >= 0.3 is 0 Å². The van der Waals surface area contributed by atoms with Gasteiger partial charge in [-0.3, -0.25) is 4.79 Å². The summed E-state index contributed by atoms with van der Waals surface area (Å²) in [4.78, 5) is 14.3. The SMILES string of the molecule is COc1cc(C(=O)N(C)C2CCNC2)ccc1OC(C)C.Cl. The molecule has 2 rings (SSSR count). The number of benzene rings is 1. The molecule has 0 aliphatic carbocycles. The highest BCUT2D eigenvalue weighted by molar-refractivity contribution is 5.95. The molecule has 5 nitrogen and oxygen atoms in total. The van der Waals surface area contributed by atoms with Gasteiger partial charge in [0.25, 0.3) is 5.91 Å². The predicted molar refractivity (Wildman–Crippen MR) is 89.4 cm³/mol. The number of likely N-dealkylation sites (N-methyl/N-ethyl adjacent to an activating group) is 1. The molecular weight excluding hydrogens is 304 g/mol. The minimum Gasteiger partial charge on any atom is -0.493 e. The zero-order valence-corrected chi connectivity index (χ0v) is 14.4. The van der Waals surface area contributed by atoms with E-state index in [-0.39, 0.29) is 30.5 Å². The number of halogens is 1. The number of carbonyl (C=O) groups is 1. The van der Waals surface area contributed by atoms with Gasteiger partial charge in [-0.15, -0.1) is 12.4 Å². The maximum atomic E-state index is 12.5. The Morgan fingerprint density at radius 1 is 1.36 bits per heavy atom. The van der Waals surface area contributed by atoms with Crippen molar-refractivity contribution in [1.82, 2.24) is 10.2 Å². The molecular formula is C16H25ClN2O3. The van der Waals surface area contributed by atoms with E-state index in [1.807, 2.05) is 20.9 Å². The molecule has 0 radical (unpaired) electrons. The minimum atomic E-state index is 0. The average Bonchev–Trinajstić information content (AvgIpc) is 2.99. The Labute approximate surface area is 138 Å². The maximum absolute atomic E-state index is 12.5. The topological polar surface area (TPSA) is 50.8 Å². The Morgan fingerprint density at radius 2 is 2.09 bits per heavy atom. The summed E-state index contributed by atoms with van der Waals surface area (Å²) in [7, 11) is 3.44. The predicted octanol–water partition coefficient (Wildman–Crippen LogP) is 2.34. The van der Waals surface area contributed by atoms with Crippen LogP contribution in [0, 0.1) is 0 Å². The zero-order valence-electron chi connectivity index (χ0n) is 13.6. The van der Waals surface area contributed by atoms with Crippen molar-refractivity contribution in [2.75, 3.05) is 27.2 Å². The van der Waals surface area contributed by atoms with Gasteiger partial charge in [0, 0.05) is 25.2 Å². The number of hydrogen-bond acceptors (Lipinski definition) is 4. The van der Waals surface area contributed by atoms with Crippen LogP contribution in [-0.4, -0.2) is 50.2 Å². The van der Waals surface area contributed by atoms with E-state index < -0.39 is 0 Å². The molecule has 1 aromatic carbocycles. The largest absolute Gasteiger partial charge is 0.493 e. The Morgan fingerprint density at radius 3 is 2.64 bits per heavy atom. The van der Waals surface area contributed by atoms with E-state index in [9.17, 15) is 4.79 Å².